The zero-order valence-corrected chi connectivity index (χ0v) is 9.87. The Morgan fingerprint density at radius 3 is 2.31 bits per heavy atom. The summed E-state index contributed by atoms with van der Waals surface area (Å²) >= 11 is 0. The van der Waals surface area contributed by atoms with Gasteiger partial charge in [-0.25, -0.2) is 0 Å². The maximum Gasteiger partial charge on any atom is 0.296 e. The molecule has 1 aromatic rings. The van der Waals surface area contributed by atoms with Crippen molar-refractivity contribution < 1.29 is 17.4 Å². The zero-order chi connectivity index (χ0) is 12.2. The van der Waals surface area contributed by atoms with Crippen LogP contribution in [-0.2, 0) is 19.1 Å². The first kappa shape index (κ1) is 12.7. The third-order valence-corrected chi connectivity index (χ3v) is 3.13. The van der Waals surface area contributed by atoms with E-state index in [1.807, 2.05) is 0 Å². The predicted molar refractivity (Wildman–Crippen MR) is 59.6 cm³/mol. The van der Waals surface area contributed by atoms with Crippen LogP contribution in [0.2, 0.25) is 0 Å². The van der Waals surface area contributed by atoms with Gasteiger partial charge in [-0.2, -0.15) is 8.42 Å². The molecule has 5 nitrogen and oxygen atoms in total. The molecule has 1 N–H and O–H groups in total. The summed E-state index contributed by atoms with van der Waals surface area (Å²) in [6, 6.07) is 5.78. The van der Waals surface area contributed by atoms with Crippen molar-refractivity contribution in [2.75, 3.05) is 11.9 Å². The first-order chi connectivity index (χ1) is 7.45. The highest BCUT2D eigenvalue weighted by atomic mass is 32.2. The number of carbonyl (C=O) groups excluding carboxylic acids is 1. The number of carbonyl (C=O) groups is 1. The lowest BCUT2D eigenvalue weighted by molar-refractivity contribution is -0.114. The Morgan fingerprint density at radius 1 is 1.31 bits per heavy atom. The number of amides is 1. The monoisotopic (exact) mass is 243 g/mol. The van der Waals surface area contributed by atoms with Crippen LogP contribution in [0, 0.1) is 0 Å². The van der Waals surface area contributed by atoms with Gasteiger partial charge in [0.1, 0.15) is 0 Å². The molecule has 0 fully saturated rings. The van der Waals surface area contributed by atoms with Crippen LogP contribution in [0.15, 0.2) is 29.2 Å². The van der Waals surface area contributed by atoms with E-state index in [0.29, 0.717) is 5.69 Å². The molecule has 1 amide bonds. The minimum atomic E-state index is -3.67. The molecule has 0 atom stereocenters. The van der Waals surface area contributed by atoms with E-state index >= 15 is 0 Å². The molecule has 0 bridgehead atoms. The molecule has 0 aliphatic heterocycles. The second-order valence-electron chi connectivity index (χ2n) is 3.07. The van der Waals surface area contributed by atoms with Crippen molar-refractivity contribution in [2.45, 2.75) is 18.7 Å². The maximum atomic E-state index is 11.5. The number of rotatable bonds is 4. The molecule has 6 heteroatoms. The third-order valence-electron chi connectivity index (χ3n) is 1.74. The van der Waals surface area contributed by atoms with Crippen molar-refractivity contribution >= 4 is 21.7 Å². The Labute approximate surface area is 94.6 Å². The first-order valence-electron chi connectivity index (χ1n) is 4.73. The molecule has 0 spiro atoms. The van der Waals surface area contributed by atoms with Crippen LogP contribution >= 0.6 is 0 Å². The van der Waals surface area contributed by atoms with Gasteiger partial charge in [0, 0.05) is 12.6 Å². The topological polar surface area (TPSA) is 72.5 Å². The average Bonchev–Trinajstić information content (AvgIpc) is 2.17. The molecule has 0 saturated heterocycles. The van der Waals surface area contributed by atoms with E-state index in [0.717, 1.165) is 0 Å². The maximum absolute atomic E-state index is 11.5. The first-order valence-corrected chi connectivity index (χ1v) is 6.13. The summed E-state index contributed by atoms with van der Waals surface area (Å²) in [6.07, 6.45) is 0. The summed E-state index contributed by atoms with van der Waals surface area (Å²) in [5.41, 5.74) is 0.544. The highest BCUT2D eigenvalue weighted by Crippen LogP contribution is 2.15. The van der Waals surface area contributed by atoms with Crippen LogP contribution in [0.25, 0.3) is 0 Å². The SMILES string of the molecule is CCOS(=O)(=O)c1ccc(NC(C)=O)cc1. The van der Waals surface area contributed by atoms with E-state index < -0.39 is 10.1 Å². The molecule has 0 aliphatic carbocycles. The molecular formula is C10H13NO4S. The van der Waals surface area contributed by atoms with E-state index in [1.165, 1.54) is 31.2 Å². The minimum absolute atomic E-state index is 0.0726. The number of anilines is 1. The number of benzene rings is 1. The van der Waals surface area contributed by atoms with Crippen molar-refractivity contribution in [3.63, 3.8) is 0 Å². The van der Waals surface area contributed by atoms with E-state index in [1.54, 1.807) is 6.92 Å². The highest BCUT2D eigenvalue weighted by Gasteiger charge is 2.13. The Morgan fingerprint density at radius 2 is 1.88 bits per heavy atom. The summed E-state index contributed by atoms with van der Waals surface area (Å²) in [6.45, 7) is 3.07. The van der Waals surface area contributed by atoms with Gasteiger partial charge < -0.3 is 5.32 Å². The summed E-state index contributed by atoms with van der Waals surface area (Å²) in [7, 11) is -3.67. The predicted octanol–water partition coefficient (Wildman–Crippen LogP) is 1.37. The second kappa shape index (κ2) is 5.09. The number of hydrogen-bond acceptors (Lipinski definition) is 4. The normalized spacial score (nSPS) is 11.1. The quantitative estimate of drug-likeness (QED) is 0.811. The fraction of sp³-hybridized carbons (Fsp3) is 0.300. The molecule has 0 aliphatic rings. The van der Waals surface area contributed by atoms with Crippen molar-refractivity contribution in [1.29, 1.82) is 0 Å². The second-order valence-corrected chi connectivity index (χ2v) is 4.68. The number of nitrogens with one attached hydrogen (secondary N) is 1. The third kappa shape index (κ3) is 3.32. The van der Waals surface area contributed by atoms with Gasteiger partial charge in [0.05, 0.1) is 11.5 Å². The van der Waals surface area contributed by atoms with Gasteiger partial charge in [-0.15, -0.1) is 0 Å². The average molecular weight is 243 g/mol. The van der Waals surface area contributed by atoms with E-state index in [2.05, 4.69) is 9.50 Å². The van der Waals surface area contributed by atoms with Crippen molar-refractivity contribution in [2.24, 2.45) is 0 Å². The molecule has 0 heterocycles. The molecule has 0 aromatic heterocycles. The molecule has 0 radical (unpaired) electrons. The summed E-state index contributed by atoms with van der Waals surface area (Å²) < 4.78 is 27.5. The Kier molecular flexibility index (Phi) is 4.03. The van der Waals surface area contributed by atoms with Gasteiger partial charge >= 0.3 is 0 Å². The van der Waals surface area contributed by atoms with Gasteiger partial charge in [0.25, 0.3) is 10.1 Å². The van der Waals surface area contributed by atoms with Crippen molar-refractivity contribution in [3.05, 3.63) is 24.3 Å². The van der Waals surface area contributed by atoms with Gasteiger partial charge in [-0.1, -0.05) is 0 Å². The highest BCUT2D eigenvalue weighted by molar-refractivity contribution is 7.86. The standard InChI is InChI=1S/C10H13NO4S/c1-3-15-16(13,14)10-6-4-9(5-7-10)11-8(2)12/h4-7H,3H2,1-2H3,(H,11,12). The van der Waals surface area contributed by atoms with E-state index in [9.17, 15) is 13.2 Å². The lowest BCUT2D eigenvalue weighted by Gasteiger charge is -2.05. The lowest BCUT2D eigenvalue weighted by atomic mass is 10.3. The van der Waals surface area contributed by atoms with Crippen LogP contribution in [0.1, 0.15) is 13.8 Å². The number of hydrogen-bond donors (Lipinski definition) is 1. The Hall–Kier alpha value is -1.40. The molecule has 1 aromatic carbocycles. The Balaban J connectivity index is 2.91. The zero-order valence-electron chi connectivity index (χ0n) is 9.06. The molecule has 16 heavy (non-hydrogen) atoms. The summed E-state index contributed by atoms with van der Waals surface area (Å²) in [5, 5.41) is 2.54. The summed E-state index contributed by atoms with van der Waals surface area (Å²) in [4.78, 5) is 10.8. The van der Waals surface area contributed by atoms with Gasteiger partial charge in [0.15, 0.2) is 0 Å². The van der Waals surface area contributed by atoms with Crippen LogP contribution < -0.4 is 5.32 Å². The summed E-state index contributed by atoms with van der Waals surface area (Å²) in [5.74, 6) is -0.208. The van der Waals surface area contributed by atoms with E-state index in [-0.39, 0.29) is 17.4 Å². The van der Waals surface area contributed by atoms with Crippen LogP contribution in [0.5, 0.6) is 0 Å². The van der Waals surface area contributed by atoms with Crippen molar-refractivity contribution in [3.8, 4) is 0 Å². The van der Waals surface area contributed by atoms with Crippen LogP contribution in [0.4, 0.5) is 5.69 Å². The molecule has 1 rings (SSSR count). The molecule has 88 valence electrons. The van der Waals surface area contributed by atoms with Crippen molar-refractivity contribution in [1.82, 2.24) is 0 Å². The van der Waals surface area contributed by atoms with Gasteiger partial charge in [-0.05, 0) is 31.2 Å². The molecular weight excluding hydrogens is 230 g/mol. The fourth-order valence-electron chi connectivity index (χ4n) is 1.13. The van der Waals surface area contributed by atoms with Crippen LogP contribution in [0.3, 0.4) is 0 Å². The van der Waals surface area contributed by atoms with E-state index in [4.69, 9.17) is 0 Å². The molecule has 0 unspecified atom stereocenters. The molecule has 0 saturated carbocycles. The lowest BCUT2D eigenvalue weighted by Crippen LogP contribution is -2.08. The van der Waals surface area contributed by atoms with Crippen LogP contribution in [-0.4, -0.2) is 20.9 Å². The largest absolute Gasteiger partial charge is 0.326 e. The fourth-order valence-corrected chi connectivity index (χ4v) is 2.05. The van der Waals surface area contributed by atoms with Gasteiger partial charge in [-0.3, -0.25) is 8.98 Å². The Bertz CT molecular complexity index is 464. The minimum Gasteiger partial charge on any atom is -0.326 e. The van der Waals surface area contributed by atoms with Gasteiger partial charge in [0.2, 0.25) is 5.91 Å². The smallest absolute Gasteiger partial charge is 0.296 e.